The summed E-state index contributed by atoms with van der Waals surface area (Å²) >= 11 is 0. The van der Waals surface area contributed by atoms with Gasteiger partial charge in [0, 0.05) is 43.0 Å². The Balaban J connectivity index is 0.00000245. The summed E-state index contributed by atoms with van der Waals surface area (Å²) in [6.45, 7) is 3.11. The third kappa shape index (κ3) is 4.06. The molecule has 3 aromatic heterocycles. The number of amides is 1. The minimum absolute atomic E-state index is 0. The van der Waals surface area contributed by atoms with Crippen molar-refractivity contribution in [3.05, 3.63) is 54.3 Å². The summed E-state index contributed by atoms with van der Waals surface area (Å²) in [4.78, 5) is 23.4. The summed E-state index contributed by atoms with van der Waals surface area (Å²) in [6.07, 6.45) is 5.19. The molecule has 1 aliphatic heterocycles. The number of β-amino-alcohol motifs (C(OH)–C–C–N with tert-alkyl or cyclic N) is 1. The number of nitrogens with zero attached hydrogens (tertiary/aromatic N) is 5. The predicted octanol–water partition coefficient (Wildman–Crippen LogP) is 2.87. The fraction of sp³-hybridized carbons (Fsp3) is 0.273. The second kappa shape index (κ2) is 8.64. The molecule has 10 heteroatoms. The van der Waals surface area contributed by atoms with Crippen molar-refractivity contribution in [2.45, 2.75) is 19.4 Å². The van der Waals surface area contributed by atoms with Crippen LogP contribution in [0.15, 0.2) is 47.3 Å². The van der Waals surface area contributed by atoms with Gasteiger partial charge in [-0.2, -0.15) is 18.6 Å². The average molecular weight is 453 g/mol. The van der Waals surface area contributed by atoms with E-state index in [1.54, 1.807) is 23.1 Å². The number of aromatic nitrogens is 4. The molecule has 1 atom stereocenters. The fourth-order valence-corrected chi connectivity index (χ4v) is 3.89. The van der Waals surface area contributed by atoms with Crippen LogP contribution in [0.4, 0.5) is 11.4 Å². The number of oxazole rings is 1. The topological polar surface area (TPSA) is 109 Å². The Kier molecular flexibility index (Phi) is 5.90. The summed E-state index contributed by atoms with van der Waals surface area (Å²) < 4.78 is 7.47. The van der Waals surface area contributed by atoms with Crippen LogP contribution in [0.1, 0.15) is 22.7 Å². The monoisotopic (exact) mass is 452 g/mol. The molecule has 0 radical (unpaired) electrons. The highest BCUT2D eigenvalue weighted by molar-refractivity contribution is 7.59. The number of hydrogen-bond donors (Lipinski definition) is 2. The van der Waals surface area contributed by atoms with Crippen molar-refractivity contribution in [1.29, 1.82) is 0 Å². The fourth-order valence-electron chi connectivity index (χ4n) is 3.89. The number of nitrogens with one attached hydrogen (secondary N) is 1. The van der Waals surface area contributed by atoms with Gasteiger partial charge in [-0.05, 0) is 37.6 Å². The van der Waals surface area contributed by atoms with Gasteiger partial charge in [-0.3, -0.25) is 14.5 Å². The molecule has 32 heavy (non-hydrogen) atoms. The molecule has 4 aromatic rings. The number of carbonyl (C=O) groups excluding carboxylic acids is 1. The van der Waals surface area contributed by atoms with E-state index < -0.39 is 5.91 Å². The Morgan fingerprint density at radius 3 is 2.84 bits per heavy atom. The number of rotatable bonds is 4. The zero-order valence-electron chi connectivity index (χ0n) is 17.7. The Morgan fingerprint density at radius 1 is 1.25 bits per heavy atom. The van der Waals surface area contributed by atoms with Crippen LogP contribution in [0.5, 0.6) is 0 Å². The Bertz CT molecular complexity index is 1280. The highest BCUT2D eigenvalue weighted by Gasteiger charge is 2.25. The van der Waals surface area contributed by atoms with Crippen LogP contribution in [0.3, 0.4) is 0 Å². The molecular weight excluding hydrogens is 428 g/mol. The van der Waals surface area contributed by atoms with Crippen LogP contribution in [0.25, 0.3) is 22.4 Å². The Morgan fingerprint density at radius 2 is 2.09 bits per heavy atom. The van der Waals surface area contributed by atoms with Crippen molar-refractivity contribution in [3.63, 3.8) is 0 Å². The summed E-state index contributed by atoms with van der Waals surface area (Å²) in [7, 11) is 1.85. The Labute approximate surface area is 191 Å². The minimum Gasteiger partial charge on any atom is -0.431 e. The van der Waals surface area contributed by atoms with Crippen molar-refractivity contribution in [3.8, 4) is 11.5 Å². The molecule has 9 nitrogen and oxygen atoms in total. The molecular formula is C22H24N6O3S. The summed E-state index contributed by atoms with van der Waals surface area (Å²) in [5.41, 5.74) is 3.96. The van der Waals surface area contributed by atoms with E-state index in [1.807, 2.05) is 32.2 Å². The number of benzene rings is 1. The number of anilines is 2. The smallest absolute Gasteiger partial charge is 0.293 e. The van der Waals surface area contributed by atoms with E-state index in [1.165, 1.54) is 6.20 Å². The first-order chi connectivity index (χ1) is 15.0. The van der Waals surface area contributed by atoms with Crippen molar-refractivity contribution >= 4 is 41.7 Å². The van der Waals surface area contributed by atoms with Crippen molar-refractivity contribution in [2.75, 3.05) is 23.3 Å². The molecule has 0 spiro atoms. The third-order valence-corrected chi connectivity index (χ3v) is 5.49. The highest BCUT2D eigenvalue weighted by atomic mass is 32.1. The molecule has 5 rings (SSSR count). The van der Waals surface area contributed by atoms with Gasteiger partial charge in [-0.1, -0.05) is 0 Å². The number of aryl methyl sites for hydroxylation is 2. The Hall–Kier alpha value is -3.37. The van der Waals surface area contributed by atoms with E-state index in [9.17, 15) is 9.90 Å². The quantitative estimate of drug-likeness (QED) is 0.490. The molecule has 1 fully saturated rings. The largest absolute Gasteiger partial charge is 0.431 e. The van der Waals surface area contributed by atoms with Gasteiger partial charge in [-0.25, -0.2) is 4.98 Å². The average Bonchev–Trinajstić information content (AvgIpc) is 3.48. The zero-order chi connectivity index (χ0) is 21.5. The maximum Gasteiger partial charge on any atom is 0.293 e. The zero-order valence-corrected chi connectivity index (χ0v) is 18.7. The van der Waals surface area contributed by atoms with Gasteiger partial charge in [-0.15, -0.1) is 0 Å². The maximum atomic E-state index is 13.0. The SMILES string of the molecule is Cc1cc(-c2ncc(C(=O)Nc3cc4c(cnn4C)cc3N3CC[C@H](O)C3)o2)ccn1.S. The first-order valence-corrected chi connectivity index (χ1v) is 10.1. The van der Waals surface area contributed by atoms with Gasteiger partial charge in [0.1, 0.15) is 0 Å². The molecule has 1 aromatic carbocycles. The van der Waals surface area contributed by atoms with E-state index in [0.29, 0.717) is 31.1 Å². The van der Waals surface area contributed by atoms with E-state index in [2.05, 4.69) is 25.3 Å². The van der Waals surface area contributed by atoms with E-state index in [4.69, 9.17) is 4.42 Å². The second-order valence-corrected chi connectivity index (χ2v) is 7.75. The maximum absolute atomic E-state index is 13.0. The lowest BCUT2D eigenvalue weighted by Crippen LogP contribution is -2.23. The van der Waals surface area contributed by atoms with Gasteiger partial charge in [0.25, 0.3) is 5.91 Å². The van der Waals surface area contributed by atoms with Crippen LogP contribution in [0.2, 0.25) is 0 Å². The number of carbonyl (C=O) groups is 1. The normalized spacial score (nSPS) is 15.7. The van der Waals surface area contributed by atoms with Crippen LogP contribution < -0.4 is 10.2 Å². The van der Waals surface area contributed by atoms with Gasteiger partial charge < -0.3 is 19.7 Å². The summed E-state index contributed by atoms with van der Waals surface area (Å²) in [5.74, 6) is 0.0784. The predicted molar refractivity (Wildman–Crippen MR) is 126 cm³/mol. The van der Waals surface area contributed by atoms with Crippen LogP contribution in [-0.2, 0) is 7.05 Å². The highest BCUT2D eigenvalue weighted by Crippen LogP contribution is 2.34. The van der Waals surface area contributed by atoms with Crippen molar-refractivity contribution in [2.24, 2.45) is 7.05 Å². The van der Waals surface area contributed by atoms with Crippen LogP contribution in [0, 0.1) is 6.92 Å². The van der Waals surface area contributed by atoms with Gasteiger partial charge in [0.05, 0.1) is 35.4 Å². The molecule has 0 saturated carbocycles. The van der Waals surface area contributed by atoms with E-state index >= 15 is 0 Å². The molecule has 1 saturated heterocycles. The lowest BCUT2D eigenvalue weighted by Gasteiger charge is -2.22. The van der Waals surface area contributed by atoms with E-state index in [0.717, 1.165) is 27.8 Å². The molecule has 0 bridgehead atoms. The standard InChI is InChI=1S/C22H22N6O3.H2S/c1-13-7-14(3-5-23-13)22-24-11-20(31-22)21(30)26-17-9-18-15(10-25-27(18)2)8-19(17)28-6-4-16(29)12-28;/h3,5,7-11,16,29H,4,6,12H2,1-2H3,(H,26,30);1H2/t16-;/m0./s1. The molecule has 0 aliphatic carbocycles. The molecule has 2 N–H and O–H groups in total. The number of fused-ring (bicyclic) bond motifs is 1. The van der Waals surface area contributed by atoms with E-state index in [-0.39, 0.29) is 25.4 Å². The number of pyridine rings is 1. The lowest BCUT2D eigenvalue weighted by atomic mass is 10.1. The molecule has 166 valence electrons. The van der Waals surface area contributed by atoms with Gasteiger partial charge in [0.2, 0.25) is 11.7 Å². The minimum atomic E-state index is -0.396. The summed E-state index contributed by atoms with van der Waals surface area (Å²) in [6, 6.07) is 7.51. The molecule has 1 aliphatic rings. The van der Waals surface area contributed by atoms with Gasteiger partial charge >= 0.3 is 0 Å². The number of aliphatic hydroxyl groups is 1. The summed E-state index contributed by atoms with van der Waals surface area (Å²) in [5, 5.41) is 18.2. The molecule has 4 heterocycles. The molecule has 1 amide bonds. The third-order valence-electron chi connectivity index (χ3n) is 5.49. The second-order valence-electron chi connectivity index (χ2n) is 7.75. The van der Waals surface area contributed by atoms with Crippen LogP contribution in [-0.4, -0.2) is 50.0 Å². The molecule has 0 unspecified atom stereocenters. The van der Waals surface area contributed by atoms with Crippen molar-refractivity contribution < 1.29 is 14.3 Å². The first kappa shape index (κ1) is 21.8. The van der Waals surface area contributed by atoms with Crippen molar-refractivity contribution in [1.82, 2.24) is 19.7 Å². The number of aliphatic hydroxyl groups excluding tert-OH is 1. The number of hydrogen-bond acceptors (Lipinski definition) is 7. The van der Waals surface area contributed by atoms with Gasteiger partial charge in [0.15, 0.2) is 0 Å². The first-order valence-electron chi connectivity index (χ1n) is 10.1. The lowest BCUT2D eigenvalue weighted by molar-refractivity contribution is 0.0997. The van der Waals surface area contributed by atoms with Crippen LogP contribution >= 0.6 is 13.5 Å².